The van der Waals surface area contributed by atoms with Crippen molar-refractivity contribution in [3.63, 3.8) is 0 Å². The molecular weight excluding hydrogens is 248 g/mol. The van der Waals surface area contributed by atoms with Crippen LogP contribution in [0.1, 0.15) is 10.4 Å². The van der Waals surface area contributed by atoms with Crippen molar-refractivity contribution in [2.45, 2.75) is 0 Å². The first kappa shape index (κ1) is 12.7. The maximum Gasteiger partial charge on any atom is 0.339 e. The van der Waals surface area contributed by atoms with Gasteiger partial charge in [-0.1, -0.05) is 6.07 Å². The monoisotopic (exact) mass is 260 g/mol. The number of hydrogen-bond donors (Lipinski definition) is 2. The fourth-order valence-electron chi connectivity index (χ4n) is 1.56. The number of aromatic nitrogens is 1. The molecule has 0 bridgehead atoms. The Labute approximate surface area is 108 Å². The predicted octanol–water partition coefficient (Wildman–Crippen LogP) is 1.66. The number of pyridine rings is 1. The van der Waals surface area contributed by atoms with Crippen molar-refractivity contribution in [2.75, 3.05) is 7.11 Å². The van der Waals surface area contributed by atoms with E-state index in [9.17, 15) is 10.0 Å². The van der Waals surface area contributed by atoms with Gasteiger partial charge in [-0.05, 0) is 18.2 Å². The van der Waals surface area contributed by atoms with E-state index in [1.54, 1.807) is 31.4 Å². The molecule has 1 aromatic carbocycles. The van der Waals surface area contributed by atoms with Gasteiger partial charge in [0.25, 0.3) is 0 Å². The Kier molecular flexibility index (Phi) is 3.51. The number of carboxylic acid groups (broad SMARTS) is 1. The first-order valence-corrected chi connectivity index (χ1v) is 5.44. The average molecular weight is 260 g/mol. The molecule has 1 heterocycles. The van der Waals surface area contributed by atoms with Crippen molar-refractivity contribution < 1.29 is 19.8 Å². The van der Waals surface area contributed by atoms with Crippen LogP contribution in [0.3, 0.4) is 0 Å². The molecule has 0 spiro atoms. The minimum absolute atomic E-state index is 0.0900. The zero-order valence-corrected chi connectivity index (χ0v) is 10.1. The standard InChI is InChI=1S/C13H12N2O4/c1-19-10-4-2-3-9(7-10)14-12-5-6-15(18)8-11(12)13(16)17/h2-8,18H,1H3,(H,16,17). The summed E-state index contributed by atoms with van der Waals surface area (Å²) in [4.78, 5) is 15.3. The van der Waals surface area contributed by atoms with Gasteiger partial charge in [-0.2, -0.15) is 0 Å². The highest BCUT2D eigenvalue weighted by molar-refractivity contribution is 5.86. The Morgan fingerprint density at radius 3 is 2.84 bits per heavy atom. The molecule has 0 amide bonds. The summed E-state index contributed by atoms with van der Waals surface area (Å²) >= 11 is 0. The molecule has 2 rings (SSSR count). The van der Waals surface area contributed by atoms with Crippen LogP contribution in [0.4, 0.5) is 5.69 Å². The normalized spacial score (nSPS) is 11.3. The Morgan fingerprint density at radius 1 is 1.37 bits per heavy atom. The van der Waals surface area contributed by atoms with Crippen LogP contribution in [0.5, 0.6) is 5.75 Å². The van der Waals surface area contributed by atoms with E-state index in [-0.39, 0.29) is 10.9 Å². The molecule has 2 aromatic rings. The third-order valence-electron chi connectivity index (χ3n) is 2.46. The molecule has 1 aromatic heterocycles. The summed E-state index contributed by atoms with van der Waals surface area (Å²) in [6.45, 7) is 0. The van der Waals surface area contributed by atoms with E-state index in [0.29, 0.717) is 16.2 Å². The largest absolute Gasteiger partial charge is 0.497 e. The zero-order valence-electron chi connectivity index (χ0n) is 10.1. The number of hydrogen-bond acceptors (Lipinski definition) is 4. The maximum absolute atomic E-state index is 11.1. The first-order valence-electron chi connectivity index (χ1n) is 5.44. The van der Waals surface area contributed by atoms with Crippen LogP contribution in [-0.2, 0) is 0 Å². The lowest BCUT2D eigenvalue weighted by atomic mass is 10.2. The maximum atomic E-state index is 11.1. The summed E-state index contributed by atoms with van der Waals surface area (Å²) in [5.41, 5.74) is 0.477. The average Bonchev–Trinajstić information content (AvgIpc) is 2.41. The van der Waals surface area contributed by atoms with Gasteiger partial charge in [0, 0.05) is 12.3 Å². The summed E-state index contributed by atoms with van der Waals surface area (Å²) in [6, 6.07) is 8.36. The number of carboxylic acids is 1. The van der Waals surface area contributed by atoms with Gasteiger partial charge in [-0.3, -0.25) is 0 Å². The van der Waals surface area contributed by atoms with Gasteiger partial charge in [-0.25, -0.2) is 14.5 Å². The molecule has 6 nitrogen and oxygen atoms in total. The third-order valence-corrected chi connectivity index (χ3v) is 2.46. The van der Waals surface area contributed by atoms with E-state index in [1.807, 2.05) is 0 Å². The molecule has 0 fully saturated rings. The van der Waals surface area contributed by atoms with E-state index in [1.165, 1.54) is 12.3 Å². The summed E-state index contributed by atoms with van der Waals surface area (Å²) in [5.74, 6) is -0.531. The summed E-state index contributed by atoms with van der Waals surface area (Å²) in [7, 11) is 1.54. The minimum atomic E-state index is -1.16. The van der Waals surface area contributed by atoms with E-state index in [4.69, 9.17) is 9.84 Å². The van der Waals surface area contributed by atoms with Crippen molar-refractivity contribution >= 4 is 11.7 Å². The lowest BCUT2D eigenvalue weighted by Crippen LogP contribution is -2.17. The molecule has 0 saturated heterocycles. The molecule has 0 unspecified atom stereocenters. The van der Waals surface area contributed by atoms with Gasteiger partial charge in [0.05, 0.1) is 24.4 Å². The molecule has 2 N–H and O–H groups in total. The summed E-state index contributed by atoms with van der Waals surface area (Å²) < 4.78 is 5.74. The lowest BCUT2D eigenvalue weighted by Gasteiger charge is -2.02. The number of rotatable bonds is 3. The van der Waals surface area contributed by atoms with Gasteiger partial charge >= 0.3 is 5.97 Å². The number of nitrogens with zero attached hydrogens (tertiary/aromatic N) is 2. The van der Waals surface area contributed by atoms with Gasteiger partial charge in [0.15, 0.2) is 0 Å². The van der Waals surface area contributed by atoms with Crippen molar-refractivity contribution in [2.24, 2.45) is 4.99 Å². The SMILES string of the molecule is COc1cccc(N=c2ccn(O)cc2C(=O)O)c1. The molecular formula is C13H12N2O4. The summed E-state index contributed by atoms with van der Waals surface area (Å²) in [5, 5.41) is 18.5. The number of benzene rings is 1. The van der Waals surface area contributed by atoms with Gasteiger partial charge in [0.1, 0.15) is 11.3 Å². The Balaban J connectivity index is 2.56. The second-order valence-corrected chi connectivity index (χ2v) is 3.74. The quantitative estimate of drug-likeness (QED) is 0.822. The number of ether oxygens (including phenoxy) is 1. The van der Waals surface area contributed by atoms with Crippen LogP contribution >= 0.6 is 0 Å². The number of aromatic carboxylic acids is 1. The lowest BCUT2D eigenvalue weighted by molar-refractivity contribution is 0.0689. The molecule has 0 atom stereocenters. The van der Waals surface area contributed by atoms with Crippen LogP contribution in [0, 0.1) is 0 Å². The highest BCUT2D eigenvalue weighted by Gasteiger charge is 2.07. The highest BCUT2D eigenvalue weighted by atomic mass is 16.5. The smallest absolute Gasteiger partial charge is 0.339 e. The minimum Gasteiger partial charge on any atom is -0.497 e. The van der Waals surface area contributed by atoms with Gasteiger partial charge in [0.2, 0.25) is 0 Å². The third kappa shape index (κ3) is 2.92. The number of methoxy groups -OCH3 is 1. The molecule has 0 aliphatic heterocycles. The summed E-state index contributed by atoms with van der Waals surface area (Å²) in [6.07, 6.45) is 2.40. The Hall–Kier alpha value is -2.76. The predicted molar refractivity (Wildman–Crippen MR) is 66.8 cm³/mol. The zero-order chi connectivity index (χ0) is 13.8. The van der Waals surface area contributed by atoms with Crippen LogP contribution in [-0.4, -0.2) is 28.1 Å². The molecule has 0 saturated carbocycles. The van der Waals surface area contributed by atoms with E-state index in [2.05, 4.69) is 4.99 Å². The Bertz CT molecular complexity index is 676. The first-order chi connectivity index (χ1) is 9.10. The van der Waals surface area contributed by atoms with E-state index in [0.717, 1.165) is 6.20 Å². The van der Waals surface area contributed by atoms with Crippen molar-refractivity contribution in [3.8, 4) is 5.75 Å². The second-order valence-electron chi connectivity index (χ2n) is 3.74. The van der Waals surface area contributed by atoms with Crippen molar-refractivity contribution in [1.29, 1.82) is 0 Å². The fraction of sp³-hybridized carbons (Fsp3) is 0.0769. The van der Waals surface area contributed by atoms with Crippen LogP contribution < -0.4 is 10.1 Å². The topological polar surface area (TPSA) is 84.0 Å². The van der Waals surface area contributed by atoms with Gasteiger partial charge < -0.3 is 15.1 Å². The highest BCUT2D eigenvalue weighted by Crippen LogP contribution is 2.18. The molecule has 0 aliphatic carbocycles. The molecule has 98 valence electrons. The van der Waals surface area contributed by atoms with Crippen molar-refractivity contribution in [3.05, 3.63) is 53.6 Å². The fourth-order valence-corrected chi connectivity index (χ4v) is 1.56. The Morgan fingerprint density at radius 2 is 2.16 bits per heavy atom. The van der Waals surface area contributed by atoms with E-state index >= 15 is 0 Å². The van der Waals surface area contributed by atoms with E-state index < -0.39 is 5.97 Å². The van der Waals surface area contributed by atoms with Crippen LogP contribution in [0.2, 0.25) is 0 Å². The molecule has 19 heavy (non-hydrogen) atoms. The second kappa shape index (κ2) is 5.26. The van der Waals surface area contributed by atoms with Crippen LogP contribution in [0.15, 0.2) is 47.7 Å². The van der Waals surface area contributed by atoms with Crippen molar-refractivity contribution in [1.82, 2.24) is 4.73 Å². The molecule has 0 radical (unpaired) electrons. The van der Waals surface area contributed by atoms with Gasteiger partial charge in [-0.15, -0.1) is 0 Å². The number of carbonyl (C=O) groups is 1. The molecule has 6 heteroatoms. The molecule has 0 aliphatic rings. The van der Waals surface area contributed by atoms with Crippen LogP contribution in [0.25, 0.3) is 0 Å².